The van der Waals surface area contributed by atoms with Gasteiger partial charge in [0, 0.05) is 24.6 Å². The van der Waals surface area contributed by atoms with Crippen molar-refractivity contribution in [3.63, 3.8) is 0 Å². The number of aliphatic carboxylic acids is 1. The number of nitrogens with zero attached hydrogens (tertiary/aromatic N) is 7. The van der Waals surface area contributed by atoms with Gasteiger partial charge < -0.3 is 5.11 Å². The Kier molecular flexibility index (Phi) is 6.18. The van der Waals surface area contributed by atoms with Gasteiger partial charge in [-0.3, -0.25) is 4.79 Å². The van der Waals surface area contributed by atoms with Crippen LogP contribution in [-0.4, -0.2) is 75.3 Å². The summed E-state index contributed by atoms with van der Waals surface area (Å²) in [5.74, 6) is 3.30. The predicted octanol–water partition coefficient (Wildman–Crippen LogP) is -0.581. The molecule has 0 saturated heterocycles. The lowest BCUT2D eigenvalue weighted by Crippen LogP contribution is -2.06. The minimum atomic E-state index is -3.65. The fourth-order valence-electron chi connectivity index (χ4n) is 2.19. The fourth-order valence-corrected chi connectivity index (χ4v) is 3.32. The van der Waals surface area contributed by atoms with Crippen molar-refractivity contribution in [2.24, 2.45) is 0 Å². The molecule has 0 atom stereocenters. The van der Waals surface area contributed by atoms with Gasteiger partial charge in [-0.1, -0.05) is 5.92 Å². The molecule has 0 radical (unpaired) electrons. The third kappa shape index (κ3) is 5.62. The van der Waals surface area contributed by atoms with Crippen LogP contribution in [0.1, 0.15) is 12.2 Å². The van der Waals surface area contributed by atoms with Gasteiger partial charge >= 0.3 is 5.97 Å². The van der Waals surface area contributed by atoms with E-state index in [1.54, 1.807) is 0 Å². The molecule has 1 N–H and O–H groups in total. The van der Waals surface area contributed by atoms with E-state index in [9.17, 15) is 21.6 Å². The Morgan fingerprint density at radius 1 is 0.844 bits per heavy atom. The Hall–Kier alpha value is -3.90. The first-order valence-corrected chi connectivity index (χ1v) is 12.2. The van der Waals surface area contributed by atoms with E-state index in [0.29, 0.717) is 0 Å². The van der Waals surface area contributed by atoms with E-state index in [1.165, 1.54) is 0 Å². The zero-order valence-corrected chi connectivity index (χ0v) is 18.1. The van der Waals surface area contributed by atoms with Crippen LogP contribution in [0.2, 0.25) is 0 Å². The Bertz CT molecular complexity index is 1400. The zero-order valence-electron chi connectivity index (χ0n) is 16.5. The van der Waals surface area contributed by atoms with Crippen LogP contribution < -0.4 is 0 Å². The first kappa shape index (κ1) is 22.8. The van der Waals surface area contributed by atoms with Crippen molar-refractivity contribution < 1.29 is 26.7 Å². The van der Waals surface area contributed by atoms with Crippen molar-refractivity contribution in [2.45, 2.75) is 16.5 Å². The van der Waals surface area contributed by atoms with Gasteiger partial charge in [0.1, 0.15) is 30.5 Å². The van der Waals surface area contributed by atoms with Crippen LogP contribution in [0.25, 0.3) is 23.0 Å². The molecular weight excluding hydrogens is 462 g/mol. The summed E-state index contributed by atoms with van der Waals surface area (Å²) in [6, 6.07) is 2.29. The molecule has 3 aromatic heterocycles. The molecule has 0 aromatic carbocycles. The number of carbonyl (C=O) groups is 1. The molecule has 32 heavy (non-hydrogen) atoms. The van der Waals surface area contributed by atoms with Crippen molar-refractivity contribution >= 4 is 25.6 Å². The normalized spacial score (nSPS) is 11.4. The van der Waals surface area contributed by atoms with Gasteiger partial charge in [0.2, 0.25) is 5.82 Å². The van der Waals surface area contributed by atoms with Crippen LogP contribution in [0.4, 0.5) is 0 Å². The van der Waals surface area contributed by atoms with E-state index >= 15 is 0 Å². The summed E-state index contributed by atoms with van der Waals surface area (Å²) in [6.07, 6.45) is 3.48. The molecule has 164 valence electrons. The molecule has 0 aliphatic rings. The molecule has 0 unspecified atom stereocenters. The van der Waals surface area contributed by atoms with Crippen molar-refractivity contribution in [1.82, 2.24) is 34.9 Å². The molecule has 13 nitrogen and oxygen atoms in total. The standard InChI is InChI=1S/C17H13N7O6S2/c1-31(27,28)13-6-10(18-8-20-13)16-22-12(4-3-5-15(25)26)23-17(24-16)11-7-14(21-9-19-11)32(2,29)30/h6-9H,5H2,1-2H3,(H,25,26). The van der Waals surface area contributed by atoms with Crippen molar-refractivity contribution in [2.75, 3.05) is 12.5 Å². The highest BCUT2D eigenvalue weighted by atomic mass is 32.2. The van der Waals surface area contributed by atoms with Gasteiger partial charge in [0.25, 0.3) is 0 Å². The zero-order chi connectivity index (χ0) is 23.5. The van der Waals surface area contributed by atoms with E-state index in [2.05, 4.69) is 46.7 Å². The maximum Gasteiger partial charge on any atom is 0.315 e. The molecular formula is C17H13N7O6S2. The van der Waals surface area contributed by atoms with Crippen LogP contribution in [0, 0.1) is 11.8 Å². The average Bonchev–Trinajstić information content (AvgIpc) is 2.72. The van der Waals surface area contributed by atoms with Crippen LogP contribution in [0.15, 0.2) is 34.8 Å². The molecule has 0 aliphatic carbocycles. The lowest BCUT2D eigenvalue weighted by Gasteiger charge is -2.06. The third-order valence-corrected chi connectivity index (χ3v) is 5.54. The summed E-state index contributed by atoms with van der Waals surface area (Å²) < 4.78 is 47.3. The molecule has 0 bridgehead atoms. The smallest absolute Gasteiger partial charge is 0.315 e. The molecule has 15 heteroatoms. The molecule has 3 rings (SSSR count). The van der Waals surface area contributed by atoms with Gasteiger partial charge in [0.15, 0.2) is 41.4 Å². The minimum Gasteiger partial charge on any atom is -0.481 e. The maximum atomic E-state index is 11.8. The van der Waals surface area contributed by atoms with E-state index < -0.39 is 32.1 Å². The van der Waals surface area contributed by atoms with E-state index in [0.717, 1.165) is 37.3 Å². The third-order valence-electron chi connectivity index (χ3n) is 3.58. The van der Waals surface area contributed by atoms with Gasteiger partial charge in [-0.2, -0.15) is 9.97 Å². The summed E-state index contributed by atoms with van der Waals surface area (Å²) in [4.78, 5) is 38.4. The Labute approximate surface area is 181 Å². The quantitative estimate of drug-likeness (QED) is 0.364. The molecule has 0 amide bonds. The van der Waals surface area contributed by atoms with Crippen LogP contribution in [0.5, 0.6) is 0 Å². The Morgan fingerprint density at radius 3 is 1.72 bits per heavy atom. The van der Waals surface area contributed by atoms with Crippen LogP contribution >= 0.6 is 0 Å². The highest BCUT2D eigenvalue weighted by Crippen LogP contribution is 2.20. The number of hydrogen-bond acceptors (Lipinski definition) is 12. The maximum absolute atomic E-state index is 11.8. The highest BCUT2D eigenvalue weighted by molar-refractivity contribution is 7.90. The van der Waals surface area contributed by atoms with Crippen LogP contribution in [-0.2, 0) is 24.5 Å². The minimum absolute atomic E-state index is 0.0164. The summed E-state index contributed by atoms with van der Waals surface area (Å²) >= 11 is 0. The van der Waals surface area contributed by atoms with Crippen molar-refractivity contribution in [3.05, 3.63) is 30.6 Å². The van der Waals surface area contributed by atoms with Crippen molar-refractivity contribution in [3.8, 4) is 34.9 Å². The fraction of sp³-hybridized carbons (Fsp3) is 0.176. The summed E-state index contributed by atoms with van der Waals surface area (Å²) in [5, 5.41) is 8.22. The molecule has 0 spiro atoms. The van der Waals surface area contributed by atoms with Gasteiger partial charge in [-0.25, -0.2) is 41.8 Å². The molecule has 0 aliphatic heterocycles. The number of carboxylic acids is 1. The number of carboxylic acid groups (broad SMARTS) is 1. The predicted molar refractivity (Wildman–Crippen MR) is 107 cm³/mol. The summed E-state index contributed by atoms with van der Waals surface area (Å²) in [5.41, 5.74) is 0.0329. The number of hydrogen-bond donors (Lipinski definition) is 1. The van der Waals surface area contributed by atoms with Crippen molar-refractivity contribution in [1.29, 1.82) is 0 Å². The summed E-state index contributed by atoms with van der Waals surface area (Å²) in [7, 11) is -7.31. The summed E-state index contributed by atoms with van der Waals surface area (Å²) in [6.45, 7) is 0. The molecule has 0 saturated carbocycles. The second-order valence-electron chi connectivity index (χ2n) is 6.21. The van der Waals surface area contributed by atoms with Crippen LogP contribution in [0.3, 0.4) is 0 Å². The first-order valence-electron chi connectivity index (χ1n) is 8.45. The monoisotopic (exact) mass is 475 g/mol. The van der Waals surface area contributed by atoms with Gasteiger partial charge in [-0.05, 0) is 5.92 Å². The lowest BCUT2D eigenvalue weighted by molar-refractivity contribution is -0.135. The lowest BCUT2D eigenvalue weighted by atomic mass is 10.3. The number of aromatic nitrogens is 7. The Balaban J connectivity index is 2.21. The first-order chi connectivity index (χ1) is 14.9. The van der Waals surface area contributed by atoms with E-state index in [-0.39, 0.29) is 38.9 Å². The average molecular weight is 475 g/mol. The topological polar surface area (TPSA) is 196 Å². The van der Waals surface area contributed by atoms with E-state index in [1.807, 2.05) is 0 Å². The highest BCUT2D eigenvalue weighted by Gasteiger charge is 2.17. The van der Waals surface area contributed by atoms with Gasteiger partial charge in [0.05, 0.1) is 0 Å². The molecule has 3 heterocycles. The number of sulfone groups is 2. The molecule has 0 fully saturated rings. The SMILES string of the molecule is CS(=O)(=O)c1cc(-c2nc(C#CCC(=O)O)nc(-c3cc(S(C)(=O)=O)ncn3)n2)ncn1. The molecule has 3 aromatic rings. The second-order valence-corrected chi connectivity index (χ2v) is 10.1. The Morgan fingerprint density at radius 2 is 1.31 bits per heavy atom. The largest absolute Gasteiger partial charge is 0.481 e. The number of rotatable bonds is 5. The van der Waals surface area contributed by atoms with E-state index in [4.69, 9.17) is 5.11 Å². The van der Waals surface area contributed by atoms with Gasteiger partial charge in [-0.15, -0.1) is 0 Å². The second kappa shape index (κ2) is 8.69.